The van der Waals surface area contributed by atoms with Crippen LogP contribution in [0.2, 0.25) is 5.15 Å². The molecule has 0 spiro atoms. The van der Waals surface area contributed by atoms with E-state index in [9.17, 15) is 18.5 Å². The molecule has 0 fully saturated rings. The van der Waals surface area contributed by atoms with Gasteiger partial charge in [-0.15, -0.1) is 0 Å². The molecule has 0 aliphatic rings. The van der Waals surface area contributed by atoms with Crippen molar-refractivity contribution < 1.29 is 17.9 Å². The van der Waals surface area contributed by atoms with E-state index in [2.05, 4.69) is 4.98 Å². The van der Waals surface area contributed by atoms with Crippen LogP contribution in [0.15, 0.2) is 41.6 Å². The molecule has 0 radical (unpaired) electrons. The number of hydrogen-bond donors (Lipinski definition) is 0. The molecule has 1 aromatic carbocycles. The second-order valence-corrected chi connectivity index (χ2v) is 9.49. The average molecular weight is 483 g/mol. The minimum atomic E-state index is -3.81. The molecule has 0 amide bonds. The Labute approximate surface area is 196 Å². The lowest BCUT2D eigenvalue weighted by Crippen LogP contribution is -2.13. The third-order valence-electron chi connectivity index (χ3n) is 4.97. The third-order valence-corrected chi connectivity index (χ3v) is 6.40. The van der Waals surface area contributed by atoms with E-state index in [4.69, 9.17) is 21.6 Å². The van der Waals surface area contributed by atoms with Crippen LogP contribution in [-0.4, -0.2) is 36.8 Å². The average Bonchev–Trinajstić information content (AvgIpc) is 3.06. The summed E-state index contributed by atoms with van der Waals surface area (Å²) >= 11 is 6.04. The normalized spacial score (nSPS) is 11.0. The van der Waals surface area contributed by atoms with Gasteiger partial charge in [0, 0.05) is 23.7 Å². The SMILES string of the molecule is CCOC(=O)c1cc(Cn2c(C)c(-c3ccc(C#N)cc3)c(C#N)c2S(C)(=O)=O)cnc1Cl. The zero-order chi connectivity index (χ0) is 24.3. The zero-order valence-electron chi connectivity index (χ0n) is 18.1. The number of hydrogen-bond acceptors (Lipinski definition) is 7. The van der Waals surface area contributed by atoms with Gasteiger partial charge in [-0.3, -0.25) is 0 Å². The molecule has 0 aliphatic carbocycles. The second-order valence-electron chi connectivity index (χ2n) is 7.20. The van der Waals surface area contributed by atoms with Crippen LogP contribution in [0.25, 0.3) is 11.1 Å². The highest BCUT2D eigenvalue weighted by Gasteiger charge is 2.28. The van der Waals surface area contributed by atoms with Crippen molar-refractivity contribution in [1.29, 1.82) is 10.5 Å². The lowest BCUT2D eigenvalue weighted by atomic mass is 10.0. The Hall–Kier alpha value is -3.66. The van der Waals surface area contributed by atoms with Gasteiger partial charge in [0.15, 0.2) is 14.9 Å². The summed E-state index contributed by atoms with van der Waals surface area (Å²) in [7, 11) is -3.81. The quantitative estimate of drug-likeness (QED) is 0.385. The fraction of sp³-hybridized carbons (Fsp3) is 0.217. The van der Waals surface area contributed by atoms with Crippen LogP contribution in [0, 0.1) is 29.6 Å². The minimum absolute atomic E-state index is 0.00671. The molecule has 33 heavy (non-hydrogen) atoms. The van der Waals surface area contributed by atoms with Crippen LogP contribution >= 0.6 is 11.6 Å². The first-order chi connectivity index (χ1) is 15.6. The van der Waals surface area contributed by atoms with E-state index in [1.54, 1.807) is 38.1 Å². The number of esters is 1. The van der Waals surface area contributed by atoms with E-state index < -0.39 is 15.8 Å². The third kappa shape index (κ3) is 4.75. The van der Waals surface area contributed by atoms with Gasteiger partial charge < -0.3 is 9.30 Å². The molecule has 3 rings (SSSR count). The molecular weight excluding hydrogens is 464 g/mol. The lowest BCUT2D eigenvalue weighted by molar-refractivity contribution is 0.0526. The van der Waals surface area contributed by atoms with Crippen molar-refractivity contribution in [2.75, 3.05) is 12.9 Å². The van der Waals surface area contributed by atoms with Crippen LogP contribution in [0.4, 0.5) is 0 Å². The number of pyridine rings is 1. The monoisotopic (exact) mass is 482 g/mol. The molecule has 0 saturated carbocycles. The van der Waals surface area contributed by atoms with Crippen molar-refractivity contribution in [3.63, 3.8) is 0 Å². The van der Waals surface area contributed by atoms with Crippen molar-refractivity contribution in [2.45, 2.75) is 25.4 Å². The summed E-state index contributed by atoms with van der Waals surface area (Å²) in [5.74, 6) is -0.639. The maximum atomic E-state index is 12.7. The van der Waals surface area contributed by atoms with Crippen molar-refractivity contribution in [1.82, 2.24) is 9.55 Å². The first kappa shape index (κ1) is 24.0. The van der Waals surface area contributed by atoms with E-state index in [-0.39, 0.29) is 34.5 Å². The topological polar surface area (TPSA) is 126 Å². The van der Waals surface area contributed by atoms with Gasteiger partial charge in [-0.25, -0.2) is 18.2 Å². The summed E-state index contributed by atoms with van der Waals surface area (Å²) in [5, 5.41) is 18.8. The van der Waals surface area contributed by atoms with Crippen molar-refractivity contribution in [2.24, 2.45) is 0 Å². The minimum Gasteiger partial charge on any atom is -0.462 e. The second kappa shape index (κ2) is 9.45. The number of halogens is 1. The Morgan fingerprint density at radius 2 is 1.88 bits per heavy atom. The molecule has 10 heteroatoms. The summed E-state index contributed by atoms with van der Waals surface area (Å²) in [6.07, 6.45) is 2.47. The number of sulfone groups is 1. The maximum absolute atomic E-state index is 12.7. The van der Waals surface area contributed by atoms with Gasteiger partial charge in [0.05, 0.1) is 35.9 Å². The van der Waals surface area contributed by atoms with Gasteiger partial charge in [0.1, 0.15) is 11.2 Å². The van der Waals surface area contributed by atoms with Crippen molar-refractivity contribution in [3.05, 3.63) is 69.6 Å². The smallest absolute Gasteiger partial charge is 0.341 e. The van der Waals surface area contributed by atoms with Gasteiger partial charge in [-0.2, -0.15) is 10.5 Å². The van der Waals surface area contributed by atoms with Gasteiger partial charge in [0.2, 0.25) is 0 Å². The highest BCUT2D eigenvalue weighted by molar-refractivity contribution is 7.90. The number of rotatable bonds is 6. The molecule has 8 nitrogen and oxygen atoms in total. The number of nitrogens with zero attached hydrogens (tertiary/aromatic N) is 4. The molecule has 0 unspecified atom stereocenters. The highest BCUT2D eigenvalue weighted by atomic mass is 35.5. The van der Waals surface area contributed by atoms with Gasteiger partial charge >= 0.3 is 5.97 Å². The number of ether oxygens (including phenoxy) is 1. The lowest BCUT2D eigenvalue weighted by Gasteiger charge is -2.12. The number of benzene rings is 1. The Morgan fingerprint density at radius 1 is 1.21 bits per heavy atom. The van der Waals surface area contributed by atoms with Crippen molar-refractivity contribution in [3.8, 4) is 23.3 Å². The molecule has 2 aromatic heterocycles. The molecule has 2 heterocycles. The van der Waals surface area contributed by atoms with Crippen molar-refractivity contribution >= 4 is 27.4 Å². The molecule has 0 saturated heterocycles. The number of carbonyl (C=O) groups excluding carboxylic acids is 1. The fourth-order valence-electron chi connectivity index (χ4n) is 3.57. The standard InChI is InChI=1S/C23H19ClN4O4S/c1-4-32-23(29)18-9-16(12-27-21(18)24)13-28-14(2)20(17-7-5-15(10-25)6-8-17)19(11-26)22(28)33(3,30)31/h5-9,12H,4,13H2,1-3H3. The molecular formula is C23H19ClN4O4S. The molecule has 3 aromatic rings. The zero-order valence-corrected chi connectivity index (χ0v) is 19.7. The van der Waals surface area contributed by atoms with E-state index in [0.29, 0.717) is 27.9 Å². The summed E-state index contributed by atoms with van der Waals surface area (Å²) in [4.78, 5) is 16.2. The number of nitriles is 2. The number of carbonyl (C=O) groups is 1. The van der Waals surface area contributed by atoms with Gasteiger partial charge in [0.25, 0.3) is 0 Å². The Kier molecular flexibility index (Phi) is 6.87. The van der Waals surface area contributed by atoms with E-state index in [1.807, 2.05) is 12.1 Å². The van der Waals surface area contributed by atoms with Crippen LogP contribution in [0.3, 0.4) is 0 Å². The Balaban J connectivity index is 2.21. The van der Waals surface area contributed by atoms with Crippen LogP contribution < -0.4 is 0 Å². The molecule has 0 aliphatic heterocycles. The van der Waals surface area contributed by atoms with Crippen LogP contribution in [-0.2, 0) is 21.1 Å². The van der Waals surface area contributed by atoms with E-state index in [1.165, 1.54) is 16.8 Å². The highest BCUT2D eigenvalue weighted by Crippen LogP contribution is 2.35. The summed E-state index contributed by atoms with van der Waals surface area (Å²) in [5.41, 5.74) is 2.60. The molecule has 0 atom stereocenters. The van der Waals surface area contributed by atoms with E-state index >= 15 is 0 Å². The number of aromatic nitrogens is 2. The Bertz CT molecular complexity index is 1430. The molecule has 168 valence electrons. The Morgan fingerprint density at radius 3 is 2.42 bits per heavy atom. The van der Waals surface area contributed by atoms with Gasteiger partial charge in [-0.1, -0.05) is 23.7 Å². The summed E-state index contributed by atoms with van der Waals surface area (Å²) < 4.78 is 31.9. The maximum Gasteiger partial charge on any atom is 0.341 e. The molecule has 0 bridgehead atoms. The fourth-order valence-corrected chi connectivity index (χ4v) is 4.87. The molecule has 0 N–H and O–H groups in total. The summed E-state index contributed by atoms with van der Waals surface area (Å²) in [6, 6.07) is 12.1. The van der Waals surface area contributed by atoms with Gasteiger partial charge in [-0.05, 0) is 43.2 Å². The van der Waals surface area contributed by atoms with Crippen LogP contribution in [0.1, 0.15) is 39.7 Å². The predicted octanol–water partition coefficient (Wildman–Crippen LogP) is 3.88. The predicted molar refractivity (Wildman–Crippen MR) is 121 cm³/mol. The van der Waals surface area contributed by atoms with Crippen LogP contribution in [0.5, 0.6) is 0 Å². The summed E-state index contributed by atoms with van der Waals surface area (Å²) in [6.45, 7) is 3.56. The first-order valence-corrected chi connectivity index (χ1v) is 12.0. The largest absolute Gasteiger partial charge is 0.462 e. The van der Waals surface area contributed by atoms with E-state index in [0.717, 1.165) is 6.26 Å². The first-order valence-electron chi connectivity index (χ1n) is 9.77.